The van der Waals surface area contributed by atoms with Gasteiger partial charge >= 0.3 is 5.97 Å². The van der Waals surface area contributed by atoms with E-state index < -0.39 is 11.5 Å². The van der Waals surface area contributed by atoms with Gasteiger partial charge in [-0.25, -0.2) is 4.79 Å². The van der Waals surface area contributed by atoms with Crippen LogP contribution in [-0.4, -0.2) is 15.6 Å². The lowest BCUT2D eigenvalue weighted by molar-refractivity contribution is 0.0694. The summed E-state index contributed by atoms with van der Waals surface area (Å²) in [6, 6.07) is 10.8. The van der Waals surface area contributed by atoms with E-state index >= 15 is 0 Å². The zero-order valence-electron chi connectivity index (χ0n) is 12.5. The van der Waals surface area contributed by atoms with E-state index in [4.69, 9.17) is 11.5 Å². The molecular weight excluding hydrogens is 278 g/mol. The van der Waals surface area contributed by atoms with Crippen molar-refractivity contribution in [3.63, 3.8) is 0 Å². The second-order valence-corrected chi connectivity index (χ2v) is 5.31. The van der Waals surface area contributed by atoms with E-state index in [0.29, 0.717) is 11.6 Å². The second-order valence-electron chi connectivity index (χ2n) is 5.31. The van der Waals surface area contributed by atoms with Crippen LogP contribution in [0.25, 0.3) is 11.3 Å². The van der Waals surface area contributed by atoms with Crippen LogP contribution in [0.4, 0.5) is 0 Å². The number of pyridine rings is 1. The number of aromatic carboxylic acids is 1. The van der Waals surface area contributed by atoms with E-state index in [1.165, 1.54) is 16.2 Å². The Bertz CT molecular complexity index is 793. The fourth-order valence-corrected chi connectivity index (χ4v) is 2.28. The van der Waals surface area contributed by atoms with E-state index in [9.17, 15) is 9.59 Å². The third kappa shape index (κ3) is 2.94. The van der Waals surface area contributed by atoms with Crippen LogP contribution in [0.3, 0.4) is 0 Å². The van der Waals surface area contributed by atoms with Crippen molar-refractivity contribution < 1.29 is 9.90 Å². The lowest BCUT2D eigenvalue weighted by Gasteiger charge is -2.13. The monoisotopic (exact) mass is 295 g/mol. The predicted octanol–water partition coefficient (Wildman–Crippen LogP) is 2.97. The SMILES string of the molecule is C#CCn1c(-c2ccc(C(C)C)cc2)ccc(C(=O)O)c1=O. The minimum absolute atomic E-state index is 0.0290. The molecule has 1 aromatic carbocycles. The predicted molar refractivity (Wildman–Crippen MR) is 86.0 cm³/mol. The Labute approximate surface area is 129 Å². The van der Waals surface area contributed by atoms with Gasteiger partial charge in [-0.1, -0.05) is 44.0 Å². The molecule has 0 atom stereocenters. The van der Waals surface area contributed by atoms with Crippen LogP contribution >= 0.6 is 0 Å². The molecule has 0 amide bonds. The highest BCUT2D eigenvalue weighted by molar-refractivity contribution is 5.87. The van der Waals surface area contributed by atoms with Crippen molar-refractivity contribution in [2.75, 3.05) is 0 Å². The fraction of sp³-hybridized carbons (Fsp3) is 0.222. The molecule has 0 saturated heterocycles. The van der Waals surface area contributed by atoms with Gasteiger partial charge in [0, 0.05) is 0 Å². The van der Waals surface area contributed by atoms with Crippen LogP contribution in [0.2, 0.25) is 0 Å². The largest absolute Gasteiger partial charge is 0.477 e. The average Bonchev–Trinajstić information content (AvgIpc) is 2.49. The van der Waals surface area contributed by atoms with Crippen molar-refractivity contribution in [2.45, 2.75) is 26.3 Å². The summed E-state index contributed by atoms with van der Waals surface area (Å²) >= 11 is 0. The number of carbonyl (C=O) groups is 1. The molecule has 4 nitrogen and oxygen atoms in total. The fourth-order valence-electron chi connectivity index (χ4n) is 2.28. The summed E-state index contributed by atoms with van der Waals surface area (Å²) in [7, 11) is 0. The maximum atomic E-state index is 12.3. The van der Waals surface area contributed by atoms with Crippen molar-refractivity contribution in [3.8, 4) is 23.6 Å². The Morgan fingerprint density at radius 3 is 2.36 bits per heavy atom. The van der Waals surface area contributed by atoms with Gasteiger partial charge in [0.1, 0.15) is 5.56 Å². The van der Waals surface area contributed by atoms with Gasteiger partial charge in [-0.05, 0) is 29.2 Å². The Hall–Kier alpha value is -2.80. The normalized spacial score (nSPS) is 10.5. The molecule has 22 heavy (non-hydrogen) atoms. The first kappa shape index (κ1) is 15.6. The highest BCUT2D eigenvalue weighted by Crippen LogP contribution is 2.22. The number of terminal acetylenes is 1. The maximum absolute atomic E-state index is 12.3. The molecule has 0 aliphatic rings. The highest BCUT2D eigenvalue weighted by atomic mass is 16.4. The van der Waals surface area contributed by atoms with Gasteiger partial charge in [-0.2, -0.15) is 0 Å². The number of hydrogen-bond acceptors (Lipinski definition) is 2. The number of aromatic nitrogens is 1. The molecule has 1 N–H and O–H groups in total. The van der Waals surface area contributed by atoms with Gasteiger partial charge in [-0.3, -0.25) is 9.36 Å². The van der Waals surface area contributed by atoms with Crippen LogP contribution in [-0.2, 0) is 6.54 Å². The lowest BCUT2D eigenvalue weighted by atomic mass is 10.0. The summed E-state index contributed by atoms with van der Waals surface area (Å²) in [6.07, 6.45) is 5.31. The van der Waals surface area contributed by atoms with Gasteiger partial charge in [0.05, 0.1) is 12.2 Å². The van der Waals surface area contributed by atoms with E-state index in [-0.39, 0.29) is 12.1 Å². The molecule has 0 saturated carbocycles. The minimum atomic E-state index is -1.25. The second kappa shape index (κ2) is 6.31. The molecule has 0 spiro atoms. The molecule has 1 aromatic heterocycles. The van der Waals surface area contributed by atoms with E-state index in [0.717, 1.165) is 5.56 Å². The molecule has 112 valence electrons. The zero-order valence-corrected chi connectivity index (χ0v) is 12.5. The summed E-state index contributed by atoms with van der Waals surface area (Å²) < 4.78 is 1.31. The lowest BCUT2D eigenvalue weighted by Crippen LogP contribution is -2.27. The van der Waals surface area contributed by atoms with Crippen LogP contribution in [0.1, 0.15) is 35.7 Å². The van der Waals surface area contributed by atoms with E-state index in [1.807, 2.05) is 24.3 Å². The molecular formula is C18H17NO3. The van der Waals surface area contributed by atoms with Gasteiger partial charge in [0.25, 0.3) is 5.56 Å². The molecule has 4 heteroatoms. The summed E-state index contributed by atoms with van der Waals surface area (Å²) in [6.45, 7) is 4.23. The standard InChI is InChI=1S/C18H17NO3/c1-4-11-19-16(10-9-15(17(19)20)18(21)22)14-7-5-13(6-8-14)12(2)3/h1,5-10,12H,11H2,2-3H3,(H,21,22). The number of rotatable bonds is 4. The molecule has 0 fully saturated rings. The molecule has 0 aliphatic heterocycles. The first-order valence-electron chi connectivity index (χ1n) is 6.96. The molecule has 0 radical (unpaired) electrons. The summed E-state index contributed by atoms with van der Waals surface area (Å²) in [4.78, 5) is 23.3. The average molecular weight is 295 g/mol. The first-order chi connectivity index (χ1) is 10.5. The topological polar surface area (TPSA) is 59.3 Å². The van der Waals surface area contributed by atoms with Gasteiger partial charge < -0.3 is 5.11 Å². The maximum Gasteiger partial charge on any atom is 0.341 e. The summed E-state index contributed by atoms with van der Waals surface area (Å²) in [5.41, 5.74) is 1.77. The van der Waals surface area contributed by atoms with Crippen LogP contribution in [0, 0.1) is 12.3 Å². The first-order valence-corrected chi connectivity index (χ1v) is 6.96. The van der Waals surface area contributed by atoms with E-state index in [1.54, 1.807) is 6.07 Å². The molecule has 1 heterocycles. The molecule has 2 rings (SSSR count). The Kier molecular flexibility index (Phi) is 4.47. The summed E-state index contributed by atoms with van der Waals surface area (Å²) in [5, 5.41) is 9.05. The molecule has 2 aromatic rings. The van der Waals surface area contributed by atoms with E-state index in [2.05, 4.69) is 19.8 Å². The highest BCUT2D eigenvalue weighted by Gasteiger charge is 2.14. The third-order valence-electron chi connectivity index (χ3n) is 3.53. The smallest absolute Gasteiger partial charge is 0.341 e. The number of carboxylic acids is 1. The number of benzene rings is 1. The Morgan fingerprint density at radius 1 is 1.23 bits per heavy atom. The Balaban J connectivity index is 2.60. The quantitative estimate of drug-likeness (QED) is 0.882. The third-order valence-corrected chi connectivity index (χ3v) is 3.53. The van der Waals surface area contributed by atoms with Crippen LogP contribution in [0.5, 0.6) is 0 Å². The van der Waals surface area contributed by atoms with Gasteiger partial charge in [-0.15, -0.1) is 6.42 Å². The van der Waals surface area contributed by atoms with Crippen molar-refractivity contribution in [1.29, 1.82) is 0 Å². The minimum Gasteiger partial charge on any atom is -0.477 e. The zero-order chi connectivity index (χ0) is 16.3. The van der Waals surface area contributed by atoms with Crippen molar-refractivity contribution >= 4 is 5.97 Å². The number of carboxylic acid groups (broad SMARTS) is 1. The number of nitrogens with zero attached hydrogens (tertiary/aromatic N) is 1. The summed E-state index contributed by atoms with van der Waals surface area (Å²) in [5.74, 6) is 1.56. The van der Waals surface area contributed by atoms with Crippen LogP contribution < -0.4 is 5.56 Å². The molecule has 0 bridgehead atoms. The van der Waals surface area contributed by atoms with Gasteiger partial charge in [0.2, 0.25) is 0 Å². The Morgan fingerprint density at radius 2 is 1.86 bits per heavy atom. The van der Waals surface area contributed by atoms with Crippen molar-refractivity contribution in [2.24, 2.45) is 0 Å². The molecule has 0 unspecified atom stereocenters. The number of hydrogen-bond donors (Lipinski definition) is 1. The molecule has 0 aliphatic carbocycles. The van der Waals surface area contributed by atoms with Crippen molar-refractivity contribution in [1.82, 2.24) is 4.57 Å². The van der Waals surface area contributed by atoms with Gasteiger partial charge in [0.15, 0.2) is 0 Å². The van der Waals surface area contributed by atoms with Crippen LogP contribution in [0.15, 0.2) is 41.2 Å². The van der Waals surface area contributed by atoms with Crippen molar-refractivity contribution in [3.05, 3.63) is 57.9 Å².